The Kier molecular flexibility index (Phi) is 4.12. The zero-order valence-electron chi connectivity index (χ0n) is 9.97. The van der Waals surface area contributed by atoms with Gasteiger partial charge in [0.1, 0.15) is 0 Å². The first-order chi connectivity index (χ1) is 9.08. The lowest BCUT2D eigenvalue weighted by atomic mass is 9.99. The molecule has 2 aromatic rings. The standard InChI is InChI=1S/C15H11BrO3/c16-12-7-5-10(6-8-12)14(17)9-11-3-1-2-4-13(11)15(18)19/h1-8H,9H2,(H,18,19). The SMILES string of the molecule is O=C(Cc1ccccc1C(=O)O)c1ccc(Br)cc1. The van der Waals surface area contributed by atoms with Gasteiger partial charge in [0, 0.05) is 16.5 Å². The van der Waals surface area contributed by atoms with Gasteiger partial charge in [0.25, 0.3) is 0 Å². The predicted molar refractivity (Wildman–Crippen MR) is 75.6 cm³/mol. The van der Waals surface area contributed by atoms with E-state index in [-0.39, 0.29) is 17.8 Å². The maximum absolute atomic E-state index is 12.1. The number of ketones is 1. The predicted octanol–water partition coefficient (Wildman–Crippen LogP) is 3.57. The summed E-state index contributed by atoms with van der Waals surface area (Å²) in [6.45, 7) is 0. The summed E-state index contributed by atoms with van der Waals surface area (Å²) in [6, 6.07) is 13.6. The van der Waals surface area contributed by atoms with Crippen molar-refractivity contribution in [2.45, 2.75) is 6.42 Å². The Morgan fingerprint density at radius 1 is 1.00 bits per heavy atom. The van der Waals surface area contributed by atoms with Crippen LogP contribution in [0.15, 0.2) is 53.0 Å². The molecule has 0 spiro atoms. The van der Waals surface area contributed by atoms with Crippen molar-refractivity contribution in [2.75, 3.05) is 0 Å². The number of benzene rings is 2. The van der Waals surface area contributed by atoms with Gasteiger partial charge in [-0.2, -0.15) is 0 Å². The van der Waals surface area contributed by atoms with E-state index >= 15 is 0 Å². The van der Waals surface area contributed by atoms with E-state index in [4.69, 9.17) is 5.11 Å². The van der Waals surface area contributed by atoms with Crippen LogP contribution in [0.5, 0.6) is 0 Å². The molecule has 0 aliphatic heterocycles. The molecule has 0 aromatic heterocycles. The van der Waals surface area contributed by atoms with Gasteiger partial charge in [0.2, 0.25) is 0 Å². The maximum atomic E-state index is 12.1. The number of rotatable bonds is 4. The van der Waals surface area contributed by atoms with Gasteiger partial charge in [-0.1, -0.05) is 46.3 Å². The maximum Gasteiger partial charge on any atom is 0.335 e. The highest BCUT2D eigenvalue weighted by atomic mass is 79.9. The van der Waals surface area contributed by atoms with Crippen LogP contribution in [0.1, 0.15) is 26.3 Å². The van der Waals surface area contributed by atoms with Gasteiger partial charge < -0.3 is 5.11 Å². The van der Waals surface area contributed by atoms with Gasteiger partial charge in [0.15, 0.2) is 5.78 Å². The summed E-state index contributed by atoms with van der Waals surface area (Å²) in [5.41, 5.74) is 1.28. The van der Waals surface area contributed by atoms with Crippen LogP contribution in [0, 0.1) is 0 Å². The van der Waals surface area contributed by atoms with Gasteiger partial charge in [-0.15, -0.1) is 0 Å². The average molecular weight is 319 g/mol. The zero-order chi connectivity index (χ0) is 13.8. The minimum atomic E-state index is -1.01. The number of hydrogen-bond acceptors (Lipinski definition) is 2. The first kappa shape index (κ1) is 13.5. The van der Waals surface area contributed by atoms with Crippen LogP contribution in [-0.4, -0.2) is 16.9 Å². The van der Waals surface area contributed by atoms with Crippen molar-refractivity contribution >= 4 is 27.7 Å². The summed E-state index contributed by atoms with van der Waals surface area (Å²) in [5, 5.41) is 9.07. The Hall–Kier alpha value is -1.94. The number of carboxylic acid groups (broad SMARTS) is 1. The zero-order valence-corrected chi connectivity index (χ0v) is 11.6. The van der Waals surface area contributed by atoms with Crippen molar-refractivity contribution in [3.8, 4) is 0 Å². The largest absolute Gasteiger partial charge is 0.478 e. The Morgan fingerprint density at radius 2 is 1.63 bits per heavy atom. The number of halogens is 1. The van der Waals surface area contributed by atoms with Crippen molar-refractivity contribution in [1.82, 2.24) is 0 Å². The molecule has 0 saturated heterocycles. The van der Waals surface area contributed by atoms with E-state index in [9.17, 15) is 9.59 Å². The number of Topliss-reactive ketones (excluding diaryl/α,β-unsaturated/α-hetero) is 1. The minimum absolute atomic E-state index is 0.0874. The highest BCUT2D eigenvalue weighted by molar-refractivity contribution is 9.10. The molecule has 0 heterocycles. The van der Waals surface area contributed by atoms with E-state index in [1.807, 2.05) is 0 Å². The molecule has 0 atom stereocenters. The molecule has 0 saturated carbocycles. The van der Waals surface area contributed by atoms with Gasteiger partial charge in [-0.3, -0.25) is 4.79 Å². The number of aromatic carboxylic acids is 1. The fourth-order valence-corrected chi connectivity index (χ4v) is 2.06. The second-order valence-electron chi connectivity index (χ2n) is 4.07. The third-order valence-corrected chi connectivity index (χ3v) is 3.29. The van der Waals surface area contributed by atoms with E-state index in [1.165, 1.54) is 6.07 Å². The van der Waals surface area contributed by atoms with Crippen molar-refractivity contribution in [2.24, 2.45) is 0 Å². The Morgan fingerprint density at radius 3 is 2.26 bits per heavy atom. The summed E-state index contributed by atoms with van der Waals surface area (Å²) in [4.78, 5) is 23.2. The first-order valence-corrected chi connectivity index (χ1v) is 6.47. The highest BCUT2D eigenvalue weighted by Gasteiger charge is 2.13. The molecule has 0 amide bonds. The molecule has 0 aliphatic rings. The Balaban J connectivity index is 2.24. The topological polar surface area (TPSA) is 54.4 Å². The highest BCUT2D eigenvalue weighted by Crippen LogP contribution is 2.15. The number of carbonyl (C=O) groups is 2. The van der Waals surface area contributed by atoms with Crippen LogP contribution in [0.2, 0.25) is 0 Å². The molecule has 96 valence electrons. The molecule has 0 aliphatic carbocycles. The van der Waals surface area contributed by atoms with Crippen LogP contribution in [0.25, 0.3) is 0 Å². The fraction of sp³-hybridized carbons (Fsp3) is 0.0667. The summed E-state index contributed by atoms with van der Waals surface area (Å²) in [5.74, 6) is -1.11. The molecule has 1 N–H and O–H groups in total. The molecule has 3 nitrogen and oxygen atoms in total. The lowest BCUT2D eigenvalue weighted by Crippen LogP contribution is -2.08. The third kappa shape index (κ3) is 3.29. The Labute approximate surface area is 119 Å². The molecule has 2 aromatic carbocycles. The van der Waals surface area contributed by atoms with E-state index in [1.54, 1.807) is 42.5 Å². The summed E-state index contributed by atoms with van der Waals surface area (Å²) < 4.78 is 0.898. The molecule has 4 heteroatoms. The molecule has 0 fully saturated rings. The first-order valence-electron chi connectivity index (χ1n) is 5.68. The van der Waals surface area contributed by atoms with E-state index in [0.717, 1.165) is 4.47 Å². The smallest absolute Gasteiger partial charge is 0.335 e. The van der Waals surface area contributed by atoms with Crippen molar-refractivity contribution in [1.29, 1.82) is 0 Å². The summed E-state index contributed by atoms with van der Waals surface area (Å²) in [7, 11) is 0. The van der Waals surface area contributed by atoms with Crippen LogP contribution < -0.4 is 0 Å². The van der Waals surface area contributed by atoms with Gasteiger partial charge >= 0.3 is 5.97 Å². The van der Waals surface area contributed by atoms with Gasteiger partial charge in [-0.05, 0) is 23.8 Å². The van der Waals surface area contributed by atoms with Crippen LogP contribution in [0.3, 0.4) is 0 Å². The fourth-order valence-electron chi connectivity index (χ4n) is 1.79. The van der Waals surface area contributed by atoms with E-state index in [2.05, 4.69) is 15.9 Å². The lowest BCUT2D eigenvalue weighted by molar-refractivity contribution is 0.0696. The summed E-state index contributed by atoms with van der Waals surface area (Å²) >= 11 is 3.30. The third-order valence-electron chi connectivity index (χ3n) is 2.76. The molecule has 0 bridgehead atoms. The average Bonchev–Trinajstić information content (AvgIpc) is 2.39. The normalized spacial score (nSPS) is 10.2. The molecular weight excluding hydrogens is 308 g/mol. The summed E-state index contributed by atoms with van der Waals surface area (Å²) in [6.07, 6.45) is 0.0874. The lowest BCUT2D eigenvalue weighted by Gasteiger charge is -2.05. The van der Waals surface area contributed by atoms with Crippen molar-refractivity contribution < 1.29 is 14.7 Å². The monoisotopic (exact) mass is 318 g/mol. The molecule has 19 heavy (non-hydrogen) atoms. The second-order valence-corrected chi connectivity index (χ2v) is 4.98. The molecule has 0 unspecified atom stereocenters. The van der Waals surface area contributed by atoms with Crippen molar-refractivity contribution in [3.05, 3.63) is 69.7 Å². The Bertz CT molecular complexity index is 618. The minimum Gasteiger partial charge on any atom is -0.478 e. The van der Waals surface area contributed by atoms with Crippen LogP contribution in [-0.2, 0) is 6.42 Å². The number of carbonyl (C=O) groups excluding carboxylic acids is 1. The number of carboxylic acids is 1. The quantitative estimate of drug-likeness (QED) is 0.877. The van der Waals surface area contributed by atoms with E-state index in [0.29, 0.717) is 11.1 Å². The van der Waals surface area contributed by atoms with Gasteiger partial charge in [0.05, 0.1) is 5.56 Å². The molecule has 0 radical (unpaired) electrons. The van der Waals surface area contributed by atoms with Gasteiger partial charge in [-0.25, -0.2) is 4.79 Å². The van der Waals surface area contributed by atoms with Crippen LogP contribution >= 0.6 is 15.9 Å². The van der Waals surface area contributed by atoms with Crippen LogP contribution in [0.4, 0.5) is 0 Å². The van der Waals surface area contributed by atoms with E-state index < -0.39 is 5.97 Å². The van der Waals surface area contributed by atoms with Crippen molar-refractivity contribution in [3.63, 3.8) is 0 Å². The number of hydrogen-bond donors (Lipinski definition) is 1. The second kappa shape index (κ2) is 5.80. The molecule has 2 rings (SSSR count). The molecular formula is C15H11BrO3.